The number of hydrogen-bond acceptors (Lipinski definition) is 7. The molecule has 0 aliphatic carbocycles. The molecule has 3 aromatic heterocycles. The Bertz CT molecular complexity index is 1490. The van der Waals surface area contributed by atoms with Gasteiger partial charge >= 0.3 is 5.97 Å². The lowest BCUT2D eigenvalue weighted by Crippen LogP contribution is -2.50. The Kier molecular flexibility index (Phi) is 7.37. The monoisotopic (exact) mass is 556 g/mol. The number of aryl methyl sites for hydroxylation is 1. The number of halogens is 3. The van der Waals surface area contributed by atoms with Crippen molar-refractivity contribution in [1.82, 2.24) is 25.1 Å². The lowest BCUT2D eigenvalue weighted by Gasteiger charge is -2.43. The van der Waals surface area contributed by atoms with E-state index in [2.05, 4.69) is 25.5 Å². The number of aromatic nitrogens is 4. The topological polar surface area (TPSA) is 120 Å². The maximum Gasteiger partial charge on any atom is 0.310 e. The molecule has 1 saturated heterocycles. The predicted octanol–water partition coefficient (Wildman–Crippen LogP) is 5.74. The third kappa shape index (κ3) is 5.50. The Balaban J connectivity index is 1.44. The zero-order valence-corrected chi connectivity index (χ0v) is 22.1. The van der Waals surface area contributed by atoms with Crippen LogP contribution in [0, 0.1) is 24.0 Å². The van der Waals surface area contributed by atoms with Crippen LogP contribution < -0.4 is 5.32 Å². The average Bonchev–Trinajstić information content (AvgIpc) is 3.57. The summed E-state index contributed by atoms with van der Waals surface area (Å²) in [5.41, 5.74) is 0.00178. The van der Waals surface area contributed by atoms with Gasteiger partial charge in [0.25, 0.3) is 0 Å². The van der Waals surface area contributed by atoms with E-state index in [4.69, 9.17) is 16.0 Å². The van der Waals surface area contributed by atoms with Gasteiger partial charge in [-0.25, -0.2) is 18.7 Å². The van der Waals surface area contributed by atoms with E-state index in [1.807, 2.05) is 18.7 Å². The first kappa shape index (κ1) is 26.8. The second-order valence-electron chi connectivity index (χ2n) is 9.96. The highest BCUT2D eigenvalue weighted by molar-refractivity contribution is 6.30. The van der Waals surface area contributed by atoms with Crippen LogP contribution in [0.5, 0.6) is 0 Å². The molecule has 1 aliphatic heterocycles. The number of aromatic amines is 1. The van der Waals surface area contributed by atoms with Crippen molar-refractivity contribution in [2.24, 2.45) is 5.41 Å². The summed E-state index contributed by atoms with van der Waals surface area (Å²) in [7, 11) is 0. The van der Waals surface area contributed by atoms with Crippen LogP contribution in [0.15, 0.2) is 47.2 Å². The van der Waals surface area contributed by atoms with E-state index in [0.29, 0.717) is 17.9 Å². The fourth-order valence-electron chi connectivity index (χ4n) is 5.14. The van der Waals surface area contributed by atoms with Crippen LogP contribution in [-0.2, 0) is 17.8 Å². The third-order valence-corrected chi connectivity index (χ3v) is 7.49. The molecule has 1 aliphatic rings. The van der Waals surface area contributed by atoms with Gasteiger partial charge in [0.15, 0.2) is 11.6 Å². The minimum Gasteiger partial charge on any atom is -0.481 e. The van der Waals surface area contributed by atoms with Crippen LogP contribution in [0.2, 0.25) is 5.02 Å². The molecular formula is C27H27ClF2N6O3. The number of carboxylic acid groups (broad SMARTS) is 1. The van der Waals surface area contributed by atoms with Crippen molar-refractivity contribution < 1.29 is 23.1 Å². The first-order chi connectivity index (χ1) is 18.6. The maximum atomic E-state index is 15.8. The molecule has 0 spiro atoms. The number of pyridine rings is 1. The van der Waals surface area contributed by atoms with Gasteiger partial charge < -0.3 is 14.8 Å². The van der Waals surface area contributed by atoms with Gasteiger partial charge in [-0.2, -0.15) is 5.10 Å². The summed E-state index contributed by atoms with van der Waals surface area (Å²) >= 11 is 5.94. The number of benzene rings is 1. The Hall–Kier alpha value is -3.83. The zero-order valence-electron chi connectivity index (χ0n) is 21.3. The van der Waals surface area contributed by atoms with Gasteiger partial charge in [-0.1, -0.05) is 23.7 Å². The molecule has 39 heavy (non-hydrogen) atoms. The molecule has 204 valence electrons. The number of nitrogens with one attached hydrogen (secondary N) is 2. The number of piperidine rings is 1. The van der Waals surface area contributed by atoms with E-state index < -0.39 is 23.0 Å². The fraction of sp³-hybridized carbons (Fsp3) is 0.333. The minimum atomic E-state index is -1.29. The smallest absolute Gasteiger partial charge is 0.310 e. The van der Waals surface area contributed by atoms with Crippen molar-refractivity contribution >= 4 is 29.2 Å². The lowest BCUT2D eigenvalue weighted by molar-refractivity contribution is -0.153. The van der Waals surface area contributed by atoms with Gasteiger partial charge in [-0.15, -0.1) is 0 Å². The number of H-pyrrole nitrogens is 1. The van der Waals surface area contributed by atoms with Crippen molar-refractivity contribution in [1.29, 1.82) is 0 Å². The number of carbonyl (C=O) groups is 1. The number of rotatable bonds is 8. The standard InChI is InChI=1S/C27H27ClF2N6O3/c1-15-10-22(35-34-15)33-21-11-18(25-31-7-9-39-25)24(30)20(32-21)13-27(26(37)38)6-8-36(16(2)12-27)14-17-4-3-5-19(28)23(17)29/h3-5,7,9-11,16H,6,8,12-14H2,1-2H3,(H,37,38)(H2,32,33,34,35)/t16-,27-/m1/s1. The van der Waals surface area contributed by atoms with E-state index in [1.165, 1.54) is 24.6 Å². The van der Waals surface area contributed by atoms with Gasteiger partial charge in [-0.05, 0) is 45.4 Å². The van der Waals surface area contributed by atoms with Gasteiger partial charge in [0.05, 0.1) is 27.9 Å². The first-order valence-electron chi connectivity index (χ1n) is 12.4. The van der Waals surface area contributed by atoms with Gasteiger partial charge in [0.2, 0.25) is 5.89 Å². The second kappa shape index (κ2) is 10.7. The molecule has 0 radical (unpaired) electrons. The van der Waals surface area contributed by atoms with Crippen molar-refractivity contribution in [2.45, 2.75) is 45.7 Å². The van der Waals surface area contributed by atoms with Crippen molar-refractivity contribution in [3.05, 3.63) is 76.4 Å². The SMILES string of the molecule is Cc1cc(Nc2cc(-c3ncco3)c(F)c(C[C@@]3(C(=O)O)CCN(Cc4cccc(Cl)c4F)[C@H](C)C3)n2)n[nH]1. The summed E-state index contributed by atoms with van der Waals surface area (Å²) < 4.78 is 35.7. The Morgan fingerprint density at radius 1 is 1.31 bits per heavy atom. The molecule has 0 amide bonds. The highest BCUT2D eigenvalue weighted by atomic mass is 35.5. The average molecular weight is 557 g/mol. The molecule has 2 atom stereocenters. The van der Waals surface area contributed by atoms with E-state index >= 15 is 4.39 Å². The van der Waals surface area contributed by atoms with Crippen LogP contribution in [0.1, 0.15) is 36.7 Å². The summed E-state index contributed by atoms with van der Waals surface area (Å²) in [6, 6.07) is 7.81. The number of hydrogen-bond donors (Lipinski definition) is 3. The first-order valence-corrected chi connectivity index (χ1v) is 12.8. The van der Waals surface area contributed by atoms with E-state index in [0.717, 1.165) is 5.69 Å². The lowest BCUT2D eigenvalue weighted by atomic mass is 9.72. The molecule has 0 unspecified atom stereocenters. The van der Waals surface area contributed by atoms with Crippen LogP contribution in [0.4, 0.5) is 20.4 Å². The van der Waals surface area contributed by atoms with Crippen LogP contribution in [-0.4, -0.2) is 48.7 Å². The van der Waals surface area contributed by atoms with Crippen LogP contribution in [0.3, 0.4) is 0 Å². The van der Waals surface area contributed by atoms with Gasteiger partial charge in [0.1, 0.15) is 17.9 Å². The third-order valence-electron chi connectivity index (χ3n) is 7.20. The summed E-state index contributed by atoms with van der Waals surface area (Å²) in [6.07, 6.45) is 3.02. The number of likely N-dealkylation sites (tertiary alicyclic amines) is 1. The largest absolute Gasteiger partial charge is 0.481 e. The molecule has 5 rings (SSSR count). The Morgan fingerprint density at radius 2 is 2.13 bits per heavy atom. The van der Waals surface area contributed by atoms with E-state index in [-0.39, 0.29) is 59.8 Å². The molecule has 0 saturated carbocycles. The highest BCUT2D eigenvalue weighted by Gasteiger charge is 2.45. The van der Waals surface area contributed by atoms with Crippen molar-refractivity contribution in [2.75, 3.05) is 11.9 Å². The van der Waals surface area contributed by atoms with Crippen LogP contribution in [0.25, 0.3) is 11.5 Å². The van der Waals surface area contributed by atoms with Gasteiger partial charge in [-0.3, -0.25) is 14.8 Å². The number of carboxylic acids is 1. The molecule has 4 heterocycles. The summed E-state index contributed by atoms with van der Waals surface area (Å²) in [6.45, 7) is 4.38. The molecule has 1 fully saturated rings. The van der Waals surface area contributed by atoms with E-state index in [1.54, 1.807) is 18.2 Å². The van der Waals surface area contributed by atoms with E-state index in [9.17, 15) is 14.3 Å². The molecular weight excluding hydrogens is 530 g/mol. The Labute approximate surface area is 228 Å². The summed E-state index contributed by atoms with van der Waals surface area (Å²) in [5, 5.41) is 20.4. The normalized spacial score (nSPS) is 19.8. The molecule has 3 N–H and O–H groups in total. The van der Waals surface area contributed by atoms with Gasteiger partial charge in [0, 0.05) is 36.3 Å². The van der Waals surface area contributed by atoms with Crippen LogP contribution >= 0.6 is 11.6 Å². The molecule has 0 bridgehead atoms. The minimum absolute atomic E-state index is 0.0237. The quantitative estimate of drug-likeness (QED) is 0.251. The number of nitrogens with zero attached hydrogens (tertiary/aromatic N) is 4. The predicted molar refractivity (Wildman–Crippen MR) is 141 cm³/mol. The molecule has 9 nitrogen and oxygen atoms in total. The number of aliphatic carboxylic acids is 1. The maximum absolute atomic E-state index is 15.8. The summed E-state index contributed by atoms with van der Waals surface area (Å²) in [5.74, 6) is -1.43. The zero-order chi connectivity index (χ0) is 27.7. The summed E-state index contributed by atoms with van der Waals surface area (Å²) in [4.78, 5) is 23.2. The Morgan fingerprint density at radius 3 is 2.79 bits per heavy atom. The van der Waals surface area contributed by atoms with Crippen molar-refractivity contribution in [3.8, 4) is 11.5 Å². The second-order valence-corrected chi connectivity index (χ2v) is 10.4. The molecule has 12 heteroatoms. The number of oxazole rings is 1. The highest BCUT2D eigenvalue weighted by Crippen LogP contribution is 2.40. The molecule has 1 aromatic carbocycles. The fourth-order valence-corrected chi connectivity index (χ4v) is 5.33. The van der Waals surface area contributed by atoms with Crippen molar-refractivity contribution in [3.63, 3.8) is 0 Å². The number of anilines is 2. The molecule has 4 aromatic rings.